The maximum Gasteiger partial charge on any atom is 0.158 e. The third-order valence-electron chi connectivity index (χ3n) is 9.21. The van der Waals surface area contributed by atoms with Crippen molar-refractivity contribution < 1.29 is 9.53 Å². The quantitative estimate of drug-likeness (QED) is 0.666. The zero-order valence-corrected chi connectivity index (χ0v) is 16.3. The first-order valence-electron chi connectivity index (χ1n) is 10.8. The van der Waals surface area contributed by atoms with Gasteiger partial charge in [-0.05, 0) is 98.9 Å². The number of ketones is 1. The lowest BCUT2D eigenvalue weighted by atomic mass is 9.47. The summed E-state index contributed by atoms with van der Waals surface area (Å²) in [4.78, 5) is 12.3. The zero-order valence-electron chi connectivity index (χ0n) is 16.3. The fraction of sp³-hybridized carbons (Fsp3) is 0.870. The molecule has 0 aromatic rings. The molecule has 0 saturated heterocycles. The number of allylic oxidation sites excluding steroid dienone is 1. The Morgan fingerprint density at radius 2 is 1.72 bits per heavy atom. The number of Topliss-reactive ketones (excluding diaryl/α,β-unsaturated/α-hetero) is 1. The molecule has 0 radical (unpaired) electrons. The molecule has 2 nitrogen and oxygen atoms in total. The summed E-state index contributed by atoms with van der Waals surface area (Å²) in [7, 11) is 0. The number of rotatable bonds is 2. The minimum Gasteiger partial charge on any atom is -0.374 e. The molecule has 5 rings (SSSR count). The summed E-state index contributed by atoms with van der Waals surface area (Å²) in [5.74, 6) is 2.94. The molecular weight excluding hydrogens is 308 g/mol. The average molecular weight is 343 g/mol. The standard InChI is InChI=1S/C23H34O2/c1-14-17-7-6-16-18-8-9-21(25-15-4-5-15)23(18,3)12-10-19(16)22(17,2)13-11-20(14)24/h15-16,18-19,21H,4-13H2,1-3H3/t16-,18-,19-,21-,22-,23-/m0/s1. The third-order valence-corrected chi connectivity index (χ3v) is 9.21. The number of hydrogen-bond acceptors (Lipinski definition) is 2. The first kappa shape index (κ1) is 16.5. The van der Waals surface area contributed by atoms with Crippen molar-refractivity contribution in [1.82, 2.24) is 0 Å². The van der Waals surface area contributed by atoms with Crippen molar-refractivity contribution in [2.75, 3.05) is 0 Å². The molecule has 4 fully saturated rings. The highest BCUT2D eigenvalue weighted by atomic mass is 16.5. The van der Waals surface area contributed by atoms with Gasteiger partial charge in [-0.2, -0.15) is 0 Å². The van der Waals surface area contributed by atoms with Gasteiger partial charge in [0.25, 0.3) is 0 Å². The van der Waals surface area contributed by atoms with Crippen LogP contribution in [0.25, 0.3) is 0 Å². The van der Waals surface area contributed by atoms with Crippen molar-refractivity contribution in [3.8, 4) is 0 Å². The van der Waals surface area contributed by atoms with Crippen LogP contribution in [0.2, 0.25) is 0 Å². The zero-order chi connectivity index (χ0) is 17.4. The predicted molar refractivity (Wildman–Crippen MR) is 99.2 cm³/mol. The summed E-state index contributed by atoms with van der Waals surface area (Å²) in [6, 6.07) is 0. The minimum absolute atomic E-state index is 0.303. The van der Waals surface area contributed by atoms with Gasteiger partial charge in [-0.15, -0.1) is 0 Å². The highest BCUT2D eigenvalue weighted by molar-refractivity contribution is 5.96. The normalized spacial score (nSPS) is 49.6. The molecule has 0 unspecified atom stereocenters. The van der Waals surface area contributed by atoms with Crippen molar-refractivity contribution in [2.45, 2.75) is 97.2 Å². The van der Waals surface area contributed by atoms with Gasteiger partial charge in [0, 0.05) is 6.42 Å². The largest absolute Gasteiger partial charge is 0.374 e. The molecule has 138 valence electrons. The van der Waals surface area contributed by atoms with Gasteiger partial charge in [0.1, 0.15) is 0 Å². The van der Waals surface area contributed by atoms with Crippen molar-refractivity contribution in [3.63, 3.8) is 0 Å². The summed E-state index contributed by atoms with van der Waals surface area (Å²) in [6.45, 7) is 7.17. The second-order valence-corrected chi connectivity index (χ2v) is 10.3. The first-order valence-corrected chi connectivity index (χ1v) is 10.8. The molecule has 4 saturated carbocycles. The Morgan fingerprint density at radius 1 is 0.920 bits per heavy atom. The smallest absolute Gasteiger partial charge is 0.158 e. The first-order chi connectivity index (χ1) is 11.9. The van der Waals surface area contributed by atoms with E-state index < -0.39 is 0 Å². The van der Waals surface area contributed by atoms with Crippen molar-refractivity contribution in [2.24, 2.45) is 28.6 Å². The molecule has 6 atom stereocenters. The topological polar surface area (TPSA) is 26.3 Å². The molecule has 0 heterocycles. The molecule has 2 heteroatoms. The van der Waals surface area contributed by atoms with E-state index >= 15 is 0 Å². The van der Waals surface area contributed by atoms with E-state index in [9.17, 15) is 4.79 Å². The van der Waals surface area contributed by atoms with Crippen LogP contribution in [0.3, 0.4) is 0 Å². The molecule has 0 N–H and O–H groups in total. The van der Waals surface area contributed by atoms with Crippen LogP contribution in [0, 0.1) is 28.6 Å². The predicted octanol–water partition coefficient (Wildman–Crippen LogP) is 5.46. The van der Waals surface area contributed by atoms with Crippen LogP contribution in [-0.2, 0) is 9.53 Å². The second-order valence-electron chi connectivity index (χ2n) is 10.3. The molecule has 0 aromatic carbocycles. The summed E-state index contributed by atoms with van der Waals surface area (Å²) in [6.07, 6.45) is 13.4. The van der Waals surface area contributed by atoms with Crippen LogP contribution in [-0.4, -0.2) is 18.0 Å². The van der Waals surface area contributed by atoms with Crippen molar-refractivity contribution in [3.05, 3.63) is 11.1 Å². The van der Waals surface area contributed by atoms with Gasteiger partial charge in [-0.25, -0.2) is 0 Å². The van der Waals surface area contributed by atoms with Crippen LogP contribution in [0.15, 0.2) is 11.1 Å². The maximum atomic E-state index is 12.3. The van der Waals surface area contributed by atoms with Crippen LogP contribution in [0.1, 0.15) is 85.0 Å². The Morgan fingerprint density at radius 3 is 2.48 bits per heavy atom. The summed E-state index contributed by atoms with van der Waals surface area (Å²) < 4.78 is 6.48. The van der Waals surface area contributed by atoms with E-state index in [4.69, 9.17) is 4.74 Å². The molecular formula is C23H34O2. The molecule has 5 aliphatic rings. The van der Waals surface area contributed by atoms with Crippen molar-refractivity contribution >= 4 is 5.78 Å². The summed E-state index contributed by atoms with van der Waals surface area (Å²) in [5, 5.41) is 0. The lowest BCUT2D eigenvalue weighted by Crippen LogP contribution is -2.52. The van der Waals surface area contributed by atoms with Gasteiger partial charge in [-0.3, -0.25) is 4.79 Å². The Kier molecular flexibility index (Phi) is 3.60. The SMILES string of the molecule is CC1=C2CC[C@H]3[C@@H]4CC[C@H](OC5CC5)[C@@]4(C)CC[C@@H]3[C@@]2(C)CCC1=O. The maximum absolute atomic E-state index is 12.3. The molecule has 0 aromatic heterocycles. The van der Waals surface area contributed by atoms with Crippen LogP contribution >= 0.6 is 0 Å². The molecule has 0 amide bonds. The minimum atomic E-state index is 0.303. The van der Waals surface area contributed by atoms with E-state index in [0.29, 0.717) is 28.8 Å². The highest BCUT2D eigenvalue weighted by Gasteiger charge is 2.60. The van der Waals surface area contributed by atoms with E-state index in [1.807, 2.05) is 0 Å². The Labute approximate surface area is 152 Å². The van der Waals surface area contributed by atoms with E-state index in [0.717, 1.165) is 36.2 Å². The van der Waals surface area contributed by atoms with Crippen LogP contribution in [0.5, 0.6) is 0 Å². The average Bonchev–Trinajstić information content (AvgIpc) is 3.34. The van der Waals surface area contributed by atoms with Gasteiger partial charge in [0.05, 0.1) is 12.2 Å². The van der Waals surface area contributed by atoms with E-state index in [1.54, 1.807) is 0 Å². The third kappa shape index (κ3) is 2.28. The molecule has 0 spiro atoms. The van der Waals surface area contributed by atoms with Gasteiger partial charge >= 0.3 is 0 Å². The number of hydrogen-bond donors (Lipinski definition) is 0. The molecule has 0 aliphatic heterocycles. The van der Waals surface area contributed by atoms with E-state index in [-0.39, 0.29) is 0 Å². The van der Waals surface area contributed by atoms with Crippen LogP contribution < -0.4 is 0 Å². The highest BCUT2D eigenvalue weighted by Crippen LogP contribution is 2.66. The van der Waals surface area contributed by atoms with Gasteiger partial charge < -0.3 is 4.74 Å². The van der Waals surface area contributed by atoms with Gasteiger partial charge in [-0.1, -0.05) is 19.4 Å². The molecule has 0 bridgehead atoms. The fourth-order valence-corrected chi connectivity index (χ4v) is 7.59. The fourth-order valence-electron chi connectivity index (χ4n) is 7.59. The Hall–Kier alpha value is -0.630. The van der Waals surface area contributed by atoms with Crippen molar-refractivity contribution in [1.29, 1.82) is 0 Å². The Balaban J connectivity index is 1.44. The van der Waals surface area contributed by atoms with Crippen LogP contribution in [0.4, 0.5) is 0 Å². The van der Waals surface area contributed by atoms with E-state index in [2.05, 4.69) is 20.8 Å². The lowest BCUT2D eigenvalue weighted by Gasteiger charge is -2.58. The molecule has 5 aliphatic carbocycles. The number of ether oxygens (including phenoxy) is 1. The summed E-state index contributed by atoms with van der Waals surface area (Å²) >= 11 is 0. The lowest BCUT2D eigenvalue weighted by molar-refractivity contribution is -0.120. The second kappa shape index (κ2) is 5.44. The van der Waals surface area contributed by atoms with E-state index in [1.165, 1.54) is 56.9 Å². The molecule has 25 heavy (non-hydrogen) atoms. The van der Waals surface area contributed by atoms with Gasteiger partial charge in [0.2, 0.25) is 0 Å². The summed E-state index contributed by atoms with van der Waals surface area (Å²) in [5.41, 5.74) is 3.39. The monoisotopic (exact) mass is 342 g/mol. The number of carbonyl (C=O) groups excluding carboxylic acids is 1. The number of carbonyl (C=O) groups is 1. The van der Waals surface area contributed by atoms with Gasteiger partial charge in [0.15, 0.2) is 5.78 Å². The Bertz CT molecular complexity index is 630. The number of fused-ring (bicyclic) bond motifs is 5.